The molecule has 0 spiro atoms. The third kappa shape index (κ3) is 6.70. The first-order valence-electron chi connectivity index (χ1n) is 9.16. The topological polar surface area (TPSA) is 45.2 Å². The Labute approximate surface area is 156 Å². The van der Waals surface area contributed by atoms with Gasteiger partial charge < -0.3 is 14.6 Å². The summed E-state index contributed by atoms with van der Waals surface area (Å²) >= 11 is 1.97. The fraction of sp³-hybridized carbons (Fsp3) is 0.684. The molecule has 0 aromatic heterocycles. The number of hydrogen-bond donors (Lipinski definition) is 1. The number of thioether (sulfide) groups is 1. The van der Waals surface area contributed by atoms with Crippen molar-refractivity contribution in [2.75, 3.05) is 57.9 Å². The maximum absolute atomic E-state index is 10.2. The lowest BCUT2D eigenvalue weighted by Gasteiger charge is -2.28. The number of β-amino-alcohol motifs (C(OH)–C–C–N with tert-alkyl or cyclic N) is 1. The summed E-state index contributed by atoms with van der Waals surface area (Å²) in [5, 5.41) is 10.2. The maximum atomic E-state index is 10.2. The van der Waals surface area contributed by atoms with Gasteiger partial charge in [-0.2, -0.15) is 11.8 Å². The predicted octanol–water partition coefficient (Wildman–Crippen LogP) is 2.33. The fourth-order valence-corrected chi connectivity index (χ4v) is 3.93. The van der Waals surface area contributed by atoms with Gasteiger partial charge in [0, 0.05) is 37.7 Å². The zero-order valence-corrected chi connectivity index (χ0v) is 16.6. The van der Waals surface area contributed by atoms with E-state index < -0.39 is 6.10 Å². The average molecular weight is 369 g/mol. The molecule has 1 aliphatic heterocycles. The molecule has 0 radical (unpaired) electrons. The third-order valence-electron chi connectivity index (χ3n) is 4.53. The fourth-order valence-electron chi connectivity index (χ4n) is 2.96. The van der Waals surface area contributed by atoms with Crippen LogP contribution in [0.5, 0.6) is 11.5 Å². The summed E-state index contributed by atoms with van der Waals surface area (Å²) in [6.07, 6.45) is -0.483. The summed E-state index contributed by atoms with van der Waals surface area (Å²) < 4.78 is 11.3. The molecule has 1 aliphatic rings. The van der Waals surface area contributed by atoms with E-state index in [4.69, 9.17) is 9.47 Å². The van der Waals surface area contributed by atoms with Crippen molar-refractivity contribution in [3.8, 4) is 11.5 Å². The van der Waals surface area contributed by atoms with Crippen molar-refractivity contribution >= 4 is 11.8 Å². The number of aliphatic hydroxyl groups is 1. The number of nitrogens with zero attached hydrogens (tertiary/aromatic N) is 2. The van der Waals surface area contributed by atoms with Crippen LogP contribution in [0.1, 0.15) is 19.4 Å². The van der Waals surface area contributed by atoms with E-state index in [1.54, 1.807) is 7.11 Å². The predicted molar refractivity (Wildman–Crippen MR) is 105 cm³/mol. The molecule has 1 fully saturated rings. The first-order chi connectivity index (χ1) is 12.2. The SMILES string of the molecule is CCN(CC)Cc1ccc(OCC(O)CN2CCSCC2)c(OC)c1. The van der Waals surface area contributed by atoms with Crippen LogP contribution in [-0.2, 0) is 6.54 Å². The van der Waals surface area contributed by atoms with Gasteiger partial charge in [-0.25, -0.2) is 0 Å². The van der Waals surface area contributed by atoms with Gasteiger partial charge in [-0.3, -0.25) is 9.80 Å². The molecule has 142 valence electrons. The Morgan fingerprint density at radius 1 is 1.20 bits per heavy atom. The van der Waals surface area contributed by atoms with E-state index in [1.165, 1.54) is 5.56 Å². The molecule has 6 heteroatoms. The minimum atomic E-state index is -0.483. The van der Waals surface area contributed by atoms with Crippen molar-refractivity contribution in [2.24, 2.45) is 0 Å². The Balaban J connectivity index is 1.87. The van der Waals surface area contributed by atoms with Crippen LogP contribution in [0.4, 0.5) is 0 Å². The van der Waals surface area contributed by atoms with Crippen LogP contribution in [-0.4, -0.2) is 79.0 Å². The van der Waals surface area contributed by atoms with Gasteiger partial charge in [-0.05, 0) is 30.8 Å². The molecule has 1 aromatic rings. The van der Waals surface area contributed by atoms with Gasteiger partial charge in [0.25, 0.3) is 0 Å². The van der Waals surface area contributed by atoms with Crippen molar-refractivity contribution < 1.29 is 14.6 Å². The van der Waals surface area contributed by atoms with Gasteiger partial charge in [-0.15, -0.1) is 0 Å². The Bertz CT molecular complexity index is 505. The summed E-state index contributed by atoms with van der Waals surface area (Å²) in [6.45, 7) is 10.3. The number of benzene rings is 1. The van der Waals surface area contributed by atoms with E-state index in [2.05, 4.69) is 29.7 Å². The second-order valence-corrected chi connectivity index (χ2v) is 7.55. The van der Waals surface area contributed by atoms with Crippen molar-refractivity contribution in [1.29, 1.82) is 0 Å². The summed E-state index contributed by atoms with van der Waals surface area (Å²) in [5.74, 6) is 3.72. The number of hydrogen-bond acceptors (Lipinski definition) is 6. The molecular weight excluding hydrogens is 336 g/mol. The third-order valence-corrected chi connectivity index (χ3v) is 5.48. The monoisotopic (exact) mass is 368 g/mol. The summed E-state index contributed by atoms with van der Waals surface area (Å²) in [5.41, 5.74) is 1.21. The molecule has 0 aliphatic carbocycles. The zero-order chi connectivity index (χ0) is 18.1. The second kappa shape index (κ2) is 10.9. The van der Waals surface area contributed by atoms with Crippen molar-refractivity contribution in [2.45, 2.75) is 26.5 Å². The smallest absolute Gasteiger partial charge is 0.161 e. The molecule has 0 bridgehead atoms. The molecule has 1 N–H and O–H groups in total. The second-order valence-electron chi connectivity index (χ2n) is 6.32. The van der Waals surface area contributed by atoms with Crippen LogP contribution in [0.3, 0.4) is 0 Å². The molecule has 25 heavy (non-hydrogen) atoms. The van der Waals surface area contributed by atoms with Crippen LogP contribution in [0.25, 0.3) is 0 Å². The molecule has 1 saturated heterocycles. The highest BCUT2D eigenvalue weighted by molar-refractivity contribution is 7.99. The lowest BCUT2D eigenvalue weighted by atomic mass is 10.2. The zero-order valence-electron chi connectivity index (χ0n) is 15.7. The van der Waals surface area contributed by atoms with E-state index in [1.807, 2.05) is 23.9 Å². The summed E-state index contributed by atoms with van der Waals surface area (Å²) in [7, 11) is 1.66. The lowest BCUT2D eigenvalue weighted by molar-refractivity contribution is 0.0704. The van der Waals surface area contributed by atoms with Gasteiger partial charge in [0.05, 0.1) is 7.11 Å². The molecule has 5 nitrogen and oxygen atoms in total. The van der Waals surface area contributed by atoms with E-state index >= 15 is 0 Å². The van der Waals surface area contributed by atoms with Crippen LogP contribution < -0.4 is 9.47 Å². The Morgan fingerprint density at radius 3 is 2.56 bits per heavy atom. The molecule has 1 aromatic carbocycles. The van der Waals surface area contributed by atoms with E-state index in [0.717, 1.165) is 50.0 Å². The number of ether oxygens (including phenoxy) is 2. The van der Waals surface area contributed by atoms with Crippen LogP contribution in [0.15, 0.2) is 18.2 Å². The van der Waals surface area contributed by atoms with Gasteiger partial charge in [0.15, 0.2) is 11.5 Å². The molecule has 1 heterocycles. The maximum Gasteiger partial charge on any atom is 0.161 e. The Kier molecular flexibility index (Phi) is 8.89. The standard InChI is InChI=1S/C19H32N2O3S/c1-4-20(5-2)13-16-6-7-18(19(12-16)23-3)24-15-17(22)14-21-8-10-25-11-9-21/h6-7,12,17,22H,4-5,8-11,13-15H2,1-3H3. The number of methoxy groups -OCH3 is 1. The molecular formula is C19H32N2O3S. The highest BCUT2D eigenvalue weighted by atomic mass is 32.2. The van der Waals surface area contributed by atoms with Crippen LogP contribution >= 0.6 is 11.8 Å². The van der Waals surface area contributed by atoms with E-state index in [0.29, 0.717) is 12.3 Å². The highest BCUT2D eigenvalue weighted by Gasteiger charge is 2.16. The Morgan fingerprint density at radius 2 is 1.92 bits per heavy atom. The van der Waals surface area contributed by atoms with Gasteiger partial charge in [0.1, 0.15) is 12.7 Å². The minimum Gasteiger partial charge on any atom is -0.493 e. The van der Waals surface area contributed by atoms with Gasteiger partial charge in [-0.1, -0.05) is 19.9 Å². The van der Waals surface area contributed by atoms with Gasteiger partial charge in [0.2, 0.25) is 0 Å². The average Bonchev–Trinajstić information content (AvgIpc) is 2.65. The van der Waals surface area contributed by atoms with Crippen molar-refractivity contribution in [3.63, 3.8) is 0 Å². The molecule has 0 saturated carbocycles. The van der Waals surface area contributed by atoms with Crippen LogP contribution in [0.2, 0.25) is 0 Å². The van der Waals surface area contributed by atoms with E-state index in [-0.39, 0.29) is 6.61 Å². The largest absolute Gasteiger partial charge is 0.493 e. The molecule has 2 rings (SSSR count). The Hall–Kier alpha value is -0.950. The van der Waals surface area contributed by atoms with E-state index in [9.17, 15) is 5.11 Å². The van der Waals surface area contributed by atoms with Crippen molar-refractivity contribution in [1.82, 2.24) is 9.80 Å². The normalized spacial score (nSPS) is 16.8. The summed E-state index contributed by atoms with van der Waals surface area (Å²) in [4.78, 5) is 4.66. The number of aliphatic hydroxyl groups excluding tert-OH is 1. The first kappa shape index (κ1) is 20.4. The lowest BCUT2D eigenvalue weighted by Crippen LogP contribution is -2.40. The quantitative estimate of drug-likeness (QED) is 0.684. The van der Waals surface area contributed by atoms with Crippen molar-refractivity contribution in [3.05, 3.63) is 23.8 Å². The first-order valence-corrected chi connectivity index (χ1v) is 10.3. The summed E-state index contributed by atoms with van der Waals surface area (Å²) in [6, 6.07) is 6.05. The van der Waals surface area contributed by atoms with Gasteiger partial charge >= 0.3 is 0 Å². The molecule has 0 amide bonds. The molecule has 1 atom stereocenters. The van der Waals surface area contributed by atoms with Crippen LogP contribution in [0, 0.1) is 0 Å². The highest BCUT2D eigenvalue weighted by Crippen LogP contribution is 2.28. The minimum absolute atomic E-state index is 0.287. The number of rotatable bonds is 10. The molecule has 1 unspecified atom stereocenters.